The Labute approximate surface area is 117 Å². The van der Waals surface area contributed by atoms with E-state index in [1.807, 2.05) is 18.0 Å². The van der Waals surface area contributed by atoms with Crippen molar-refractivity contribution in [2.24, 2.45) is 0 Å². The number of hydrogen-bond donors (Lipinski definition) is 1. The van der Waals surface area contributed by atoms with Gasteiger partial charge in [0.15, 0.2) is 0 Å². The van der Waals surface area contributed by atoms with Gasteiger partial charge in [-0.3, -0.25) is 0 Å². The van der Waals surface area contributed by atoms with E-state index in [0.717, 1.165) is 11.6 Å². The first-order chi connectivity index (χ1) is 7.49. The summed E-state index contributed by atoms with van der Waals surface area (Å²) >= 11 is 1.85. The van der Waals surface area contributed by atoms with Crippen LogP contribution >= 0.6 is 11.8 Å². The molecular weight excluding hydrogens is 427 g/mol. The maximum atomic E-state index is 8.93. The van der Waals surface area contributed by atoms with Crippen molar-refractivity contribution in [3.63, 3.8) is 0 Å². The number of carbonyl (C=O) groups excluding carboxylic acids is 2. The van der Waals surface area contributed by atoms with E-state index >= 15 is 0 Å². The number of imidazole rings is 1. The summed E-state index contributed by atoms with van der Waals surface area (Å²) in [5.74, 6) is -1.60. The van der Waals surface area contributed by atoms with Gasteiger partial charge >= 0.3 is 21.1 Å². The van der Waals surface area contributed by atoms with Gasteiger partial charge in [-0.25, -0.2) is 4.98 Å². The van der Waals surface area contributed by atoms with Crippen LogP contribution in [0.3, 0.4) is 0 Å². The first kappa shape index (κ1) is 18.6. The molecule has 0 spiro atoms. The molecule has 1 rings (SSSR count). The molecule has 0 fully saturated rings. The van der Waals surface area contributed by atoms with Gasteiger partial charge < -0.3 is 24.8 Å². The molecule has 0 aliphatic carbocycles. The number of H-pyrrole nitrogens is 1. The van der Waals surface area contributed by atoms with Crippen LogP contribution in [0.1, 0.15) is 18.7 Å². The molecule has 0 aliphatic rings. The average molecular weight is 439 g/mol. The predicted octanol–water partition coefficient (Wildman–Crippen LogP) is -1.64. The quantitative estimate of drug-likeness (QED) is 0.566. The number of rotatable bonds is 3. The van der Waals surface area contributed by atoms with E-state index in [4.69, 9.17) is 19.8 Å². The Bertz CT molecular complexity index is 320. The van der Waals surface area contributed by atoms with E-state index in [-0.39, 0.29) is 21.1 Å². The minimum absolute atomic E-state index is 0. The van der Waals surface area contributed by atoms with Crippen molar-refractivity contribution in [1.82, 2.24) is 9.97 Å². The van der Waals surface area contributed by atoms with Crippen LogP contribution in [0.4, 0.5) is 0 Å². The van der Waals surface area contributed by atoms with E-state index in [1.165, 1.54) is 0 Å². The Kier molecular flexibility index (Phi) is 11.3. The van der Waals surface area contributed by atoms with E-state index in [9.17, 15) is 0 Å². The van der Waals surface area contributed by atoms with Crippen molar-refractivity contribution in [2.75, 3.05) is 12.0 Å². The van der Waals surface area contributed by atoms with Crippen LogP contribution in [0.25, 0.3) is 0 Å². The van der Waals surface area contributed by atoms with E-state index in [1.54, 1.807) is 6.20 Å². The second kappa shape index (κ2) is 10.3. The third-order valence-electron chi connectivity index (χ3n) is 1.57. The number of carbonyl (C=O) groups is 2. The molecule has 17 heavy (non-hydrogen) atoms. The number of thioether (sulfide) groups is 1. The number of aromatic amines is 1. The van der Waals surface area contributed by atoms with Crippen molar-refractivity contribution in [3.8, 4) is 0 Å². The Hall–Kier alpha value is -0.812. The van der Waals surface area contributed by atoms with Crippen molar-refractivity contribution >= 4 is 23.7 Å². The number of aliphatic carboxylic acids is 2. The van der Waals surface area contributed by atoms with E-state index in [0.29, 0.717) is 5.92 Å². The van der Waals surface area contributed by atoms with Crippen LogP contribution < -0.4 is 10.2 Å². The molecule has 6 nitrogen and oxygen atoms in total. The standard InChI is InChI=1S/C7H12N2S.C2H2O4.Pt/c1-6(5-10-2)7-8-3-4-9-7;3-1(4)2(5)6;/h3-4,6H,5H2,1-2H3,(H,8,9);(H,3,4)(H,5,6);/q;;+2/p-2. The third kappa shape index (κ3) is 8.94. The van der Waals surface area contributed by atoms with Crippen molar-refractivity contribution in [1.29, 1.82) is 0 Å². The topological polar surface area (TPSA) is 109 Å². The molecule has 1 atom stereocenters. The summed E-state index contributed by atoms with van der Waals surface area (Å²) in [7, 11) is 0. The average Bonchev–Trinajstić information content (AvgIpc) is 2.71. The monoisotopic (exact) mass is 439 g/mol. The summed E-state index contributed by atoms with van der Waals surface area (Å²) in [4.78, 5) is 25.1. The molecule has 0 radical (unpaired) electrons. The maximum Gasteiger partial charge on any atom is 2.00 e. The summed E-state index contributed by atoms with van der Waals surface area (Å²) in [6.45, 7) is 2.18. The second-order valence-electron chi connectivity index (χ2n) is 2.91. The number of nitrogens with one attached hydrogen (secondary N) is 1. The summed E-state index contributed by atoms with van der Waals surface area (Å²) in [6, 6.07) is 0. The van der Waals surface area contributed by atoms with Gasteiger partial charge in [0.1, 0.15) is 5.82 Å². The van der Waals surface area contributed by atoms with E-state index < -0.39 is 11.9 Å². The normalized spacial score (nSPS) is 10.5. The zero-order valence-electron chi connectivity index (χ0n) is 9.24. The largest absolute Gasteiger partial charge is 2.00 e. The fraction of sp³-hybridized carbons (Fsp3) is 0.444. The Morgan fingerprint density at radius 3 is 2.29 bits per heavy atom. The maximum absolute atomic E-state index is 8.93. The SMILES string of the molecule is CSCC(C)c1ncc[nH]1.O=C([O-])C(=O)[O-].[Pt+2]. The number of nitrogens with zero attached hydrogens (tertiary/aromatic N) is 1. The Morgan fingerprint density at radius 2 is 2.00 bits per heavy atom. The fourth-order valence-electron chi connectivity index (χ4n) is 0.876. The van der Waals surface area contributed by atoms with Crippen LogP contribution in [0.15, 0.2) is 12.4 Å². The van der Waals surface area contributed by atoms with E-state index in [2.05, 4.69) is 23.1 Å². The summed E-state index contributed by atoms with van der Waals surface area (Å²) < 4.78 is 0. The first-order valence-corrected chi connectivity index (χ1v) is 5.79. The molecule has 0 bridgehead atoms. The van der Waals surface area contributed by atoms with Crippen LogP contribution in [-0.4, -0.2) is 33.9 Å². The molecule has 1 aromatic rings. The minimum atomic E-state index is -2.19. The molecule has 1 aromatic heterocycles. The van der Waals surface area contributed by atoms with Gasteiger partial charge in [0, 0.05) is 24.1 Å². The third-order valence-corrected chi connectivity index (χ3v) is 2.40. The van der Waals surface area contributed by atoms with Crippen molar-refractivity contribution in [2.45, 2.75) is 12.8 Å². The van der Waals surface area contributed by atoms with Crippen LogP contribution in [0.2, 0.25) is 0 Å². The molecule has 8 heteroatoms. The molecule has 1 heterocycles. The molecule has 0 saturated carbocycles. The van der Waals surface area contributed by atoms with Crippen molar-refractivity contribution < 1.29 is 40.9 Å². The van der Waals surface area contributed by atoms with Crippen LogP contribution in [-0.2, 0) is 30.7 Å². The predicted molar refractivity (Wildman–Crippen MR) is 55.4 cm³/mol. The number of carboxylic acids is 2. The molecule has 98 valence electrons. The van der Waals surface area contributed by atoms with Crippen LogP contribution in [0.5, 0.6) is 0 Å². The Morgan fingerprint density at radius 1 is 1.47 bits per heavy atom. The fourth-order valence-corrected chi connectivity index (χ4v) is 1.53. The zero-order valence-corrected chi connectivity index (χ0v) is 12.3. The molecule has 0 aliphatic heterocycles. The molecular formula is C9H12N2O4PtS. The van der Waals surface area contributed by atoms with Gasteiger partial charge in [-0.05, 0) is 6.26 Å². The van der Waals surface area contributed by atoms with Crippen molar-refractivity contribution in [3.05, 3.63) is 18.2 Å². The Balaban J connectivity index is 0. The summed E-state index contributed by atoms with van der Waals surface area (Å²) in [5, 5.41) is 17.9. The molecule has 1 N–H and O–H groups in total. The minimum Gasteiger partial charge on any atom is -0.543 e. The van der Waals surface area contributed by atoms with Gasteiger partial charge in [-0.1, -0.05) is 6.92 Å². The number of carboxylic acid groups (broad SMARTS) is 2. The molecule has 0 aromatic carbocycles. The van der Waals surface area contributed by atoms with Gasteiger partial charge in [-0.2, -0.15) is 11.8 Å². The molecule has 0 saturated heterocycles. The first-order valence-electron chi connectivity index (χ1n) is 4.39. The summed E-state index contributed by atoms with van der Waals surface area (Å²) in [5.41, 5.74) is 0. The second-order valence-corrected chi connectivity index (χ2v) is 3.82. The number of hydrogen-bond acceptors (Lipinski definition) is 6. The van der Waals surface area contributed by atoms with Gasteiger partial charge in [0.05, 0.1) is 11.9 Å². The smallest absolute Gasteiger partial charge is 0.543 e. The van der Waals surface area contributed by atoms with Gasteiger partial charge in [0.2, 0.25) is 0 Å². The van der Waals surface area contributed by atoms with Crippen LogP contribution in [0, 0.1) is 0 Å². The molecule has 0 amide bonds. The van der Waals surface area contributed by atoms with Gasteiger partial charge in [-0.15, -0.1) is 0 Å². The zero-order chi connectivity index (χ0) is 12.6. The molecule has 1 unspecified atom stereocenters. The number of aromatic nitrogens is 2. The van der Waals surface area contributed by atoms with Gasteiger partial charge in [0.25, 0.3) is 0 Å². The summed E-state index contributed by atoms with van der Waals surface area (Å²) in [6.07, 6.45) is 5.78.